The molecule has 0 aliphatic carbocycles. The van der Waals surface area contributed by atoms with Crippen LogP contribution in [0.5, 0.6) is 0 Å². The zero-order chi connectivity index (χ0) is 8.97. The van der Waals surface area contributed by atoms with Crippen LogP contribution in [-0.4, -0.2) is 10.2 Å². The van der Waals surface area contributed by atoms with Gasteiger partial charge in [-0.2, -0.15) is 10.2 Å². The Balaban J connectivity index is 3.13. The molecular weight excluding hydrogens is 148 g/mol. The number of hydrogen-bond acceptors (Lipinski definition) is 2. The quantitative estimate of drug-likeness (QED) is 0.684. The maximum Gasteiger partial charge on any atom is 0.0662 e. The maximum absolute atomic E-state index is 4.13. The van der Waals surface area contributed by atoms with Gasteiger partial charge in [-0.3, -0.25) is 0 Å². The predicted molar refractivity (Wildman–Crippen MR) is 50.2 cm³/mol. The summed E-state index contributed by atoms with van der Waals surface area (Å²) in [5.74, 6) is 0. The van der Waals surface area contributed by atoms with Gasteiger partial charge in [-0.25, -0.2) is 0 Å². The Kier molecular flexibility index (Phi) is 3.20. The van der Waals surface area contributed by atoms with Crippen molar-refractivity contribution in [3.05, 3.63) is 23.0 Å². The summed E-state index contributed by atoms with van der Waals surface area (Å²) in [5.41, 5.74) is 3.91. The fourth-order valence-corrected chi connectivity index (χ4v) is 1.51. The van der Waals surface area contributed by atoms with Gasteiger partial charge in [0.1, 0.15) is 0 Å². The third-order valence-corrected chi connectivity index (χ3v) is 2.20. The lowest BCUT2D eigenvalue weighted by Gasteiger charge is -2.07. The molecule has 0 N–H and O–H groups in total. The molecule has 12 heavy (non-hydrogen) atoms. The van der Waals surface area contributed by atoms with E-state index >= 15 is 0 Å². The summed E-state index contributed by atoms with van der Waals surface area (Å²) in [5, 5.41) is 8.11. The van der Waals surface area contributed by atoms with Crippen LogP contribution in [0.25, 0.3) is 0 Å². The van der Waals surface area contributed by atoms with E-state index < -0.39 is 0 Å². The minimum absolute atomic E-state index is 0.990. The first-order chi connectivity index (χ1) is 5.83. The molecule has 0 aromatic carbocycles. The van der Waals surface area contributed by atoms with Crippen LogP contribution in [0.2, 0.25) is 0 Å². The molecule has 0 aliphatic rings. The number of nitrogens with zero attached hydrogens (tertiary/aromatic N) is 2. The van der Waals surface area contributed by atoms with Gasteiger partial charge in [0.2, 0.25) is 0 Å². The molecular formula is C10H16N2. The van der Waals surface area contributed by atoms with Gasteiger partial charge in [-0.15, -0.1) is 0 Å². The second kappa shape index (κ2) is 4.19. The molecule has 0 aliphatic heterocycles. The Labute approximate surface area is 74.0 Å². The monoisotopic (exact) mass is 164 g/mol. The molecule has 0 saturated heterocycles. The molecule has 0 amide bonds. The largest absolute Gasteiger partial charge is 0.159 e. The highest BCUT2D eigenvalue weighted by Crippen LogP contribution is 2.12. The molecule has 1 rings (SSSR count). The van der Waals surface area contributed by atoms with Gasteiger partial charge in [0.05, 0.1) is 11.9 Å². The Morgan fingerprint density at radius 3 is 2.33 bits per heavy atom. The first kappa shape index (κ1) is 9.17. The van der Waals surface area contributed by atoms with E-state index in [1.54, 1.807) is 0 Å². The molecule has 0 atom stereocenters. The topological polar surface area (TPSA) is 25.8 Å². The van der Waals surface area contributed by atoms with Crippen LogP contribution in [0.15, 0.2) is 6.20 Å². The van der Waals surface area contributed by atoms with Crippen LogP contribution in [0, 0.1) is 0 Å². The fraction of sp³-hybridized carbons (Fsp3) is 0.600. The van der Waals surface area contributed by atoms with Crippen LogP contribution in [0.4, 0.5) is 0 Å². The summed E-state index contributed by atoms with van der Waals surface area (Å²) in [6.45, 7) is 6.47. The highest BCUT2D eigenvalue weighted by atomic mass is 15.1. The van der Waals surface area contributed by atoms with Gasteiger partial charge in [-0.1, -0.05) is 20.8 Å². The van der Waals surface area contributed by atoms with Crippen molar-refractivity contribution in [1.29, 1.82) is 0 Å². The van der Waals surface area contributed by atoms with Gasteiger partial charge < -0.3 is 0 Å². The predicted octanol–water partition coefficient (Wildman–Crippen LogP) is 2.16. The molecule has 66 valence electrons. The Morgan fingerprint density at radius 2 is 1.83 bits per heavy atom. The lowest BCUT2D eigenvalue weighted by Crippen LogP contribution is -2.02. The molecule has 0 unspecified atom stereocenters. The van der Waals surface area contributed by atoms with Gasteiger partial charge in [-0.05, 0) is 30.4 Å². The van der Waals surface area contributed by atoms with Gasteiger partial charge in [0.25, 0.3) is 0 Å². The summed E-state index contributed by atoms with van der Waals surface area (Å²) in [4.78, 5) is 0. The lowest BCUT2D eigenvalue weighted by atomic mass is 10.0. The summed E-state index contributed by atoms with van der Waals surface area (Å²) < 4.78 is 0. The molecule has 1 aromatic heterocycles. The number of aryl methyl sites for hydroxylation is 2. The third kappa shape index (κ3) is 1.63. The van der Waals surface area contributed by atoms with Crippen LogP contribution in [0.3, 0.4) is 0 Å². The van der Waals surface area contributed by atoms with Crippen LogP contribution >= 0.6 is 0 Å². The van der Waals surface area contributed by atoms with Crippen molar-refractivity contribution < 1.29 is 0 Å². The molecule has 2 heteroatoms. The van der Waals surface area contributed by atoms with Crippen LogP contribution < -0.4 is 0 Å². The van der Waals surface area contributed by atoms with E-state index in [2.05, 4.69) is 31.0 Å². The molecule has 1 heterocycles. The van der Waals surface area contributed by atoms with E-state index in [4.69, 9.17) is 0 Å². The second-order valence-electron chi connectivity index (χ2n) is 2.86. The van der Waals surface area contributed by atoms with Crippen LogP contribution in [-0.2, 0) is 19.3 Å². The minimum Gasteiger partial charge on any atom is -0.159 e. The average molecular weight is 164 g/mol. The molecule has 0 fully saturated rings. The van der Waals surface area contributed by atoms with Crippen molar-refractivity contribution >= 4 is 0 Å². The SMILES string of the molecule is CCc1cnnc(CC)c1CC. The van der Waals surface area contributed by atoms with Crippen molar-refractivity contribution in [3.8, 4) is 0 Å². The molecule has 0 saturated carbocycles. The summed E-state index contributed by atoms with van der Waals surface area (Å²) >= 11 is 0. The standard InChI is InChI=1S/C10H16N2/c1-4-8-7-11-12-10(6-3)9(8)5-2/h7H,4-6H2,1-3H3. The van der Waals surface area contributed by atoms with E-state index in [1.165, 1.54) is 11.1 Å². The minimum atomic E-state index is 0.990. The van der Waals surface area contributed by atoms with Gasteiger partial charge in [0.15, 0.2) is 0 Å². The second-order valence-corrected chi connectivity index (χ2v) is 2.86. The first-order valence-electron chi connectivity index (χ1n) is 4.65. The van der Waals surface area contributed by atoms with Crippen molar-refractivity contribution in [2.24, 2.45) is 0 Å². The molecule has 0 bridgehead atoms. The summed E-state index contributed by atoms with van der Waals surface area (Å²) in [6.07, 6.45) is 5.01. The summed E-state index contributed by atoms with van der Waals surface area (Å²) in [7, 11) is 0. The van der Waals surface area contributed by atoms with Crippen molar-refractivity contribution in [2.75, 3.05) is 0 Å². The zero-order valence-electron chi connectivity index (χ0n) is 8.09. The Morgan fingerprint density at radius 1 is 1.08 bits per heavy atom. The molecule has 0 radical (unpaired) electrons. The normalized spacial score (nSPS) is 10.2. The smallest absolute Gasteiger partial charge is 0.0662 e. The van der Waals surface area contributed by atoms with E-state index in [0.717, 1.165) is 25.0 Å². The van der Waals surface area contributed by atoms with Crippen LogP contribution in [0.1, 0.15) is 37.6 Å². The molecule has 2 nitrogen and oxygen atoms in total. The number of aromatic nitrogens is 2. The number of hydrogen-bond donors (Lipinski definition) is 0. The third-order valence-electron chi connectivity index (χ3n) is 2.20. The lowest BCUT2D eigenvalue weighted by molar-refractivity contribution is 0.848. The first-order valence-corrected chi connectivity index (χ1v) is 4.65. The van der Waals surface area contributed by atoms with E-state index in [9.17, 15) is 0 Å². The van der Waals surface area contributed by atoms with Gasteiger partial charge >= 0.3 is 0 Å². The Bertz CT molecular complexity index is 234. The average Bonchev–Trinajstić information content (AvgIpc) is 2.16. The van der Waals surface area contributed by atoms with Crippen molar-refractivity contribution in [3.63, 3.8) is 0 Å². The van der Waals surface area contributed by atoms with E-state index in [0.29, 0.717) is 0 Å². The maximum atomic E-state index is 4.13. The fourth-order valence-electron chi connectivity index (χ4n) is 1.51. The van der Waals surface area contributed by atoms with E-state index in [1.807, 2.05) is 6.20 Å². The van der Waals surface area contributed by atoms with Gasteiger partial charge in [0, 0.05) is 0 Å². The van der Waals surface area contributed by atoms with Crippen molar-refractivity contribution in [2.45, 2.75) is 40.0 Å². The molecule has 0 spiro atoms. The van der Waals surface area contributed by atoms with E-state index in [-0.39, 0.29) is 0 Å². The number of rotatable bonds is 3. The highest BCUT2D eigenvalue weighted by Gasteiger charge is 2.05. The summed E-state index contributed by atoms with van der Waals surface area (Å²) in [6, 6.07) is 0. The highest BCUT2D eigenvalue weighted by molar-refractivity contribution is 5.27. The molecule has 1 aromatic rings. The Hall–Kier alpha value is -0.920. The zero-order valence-corrected chi connectivity index (χ0v) is 8.09. The van der Waals surface area contributed by atoms with Crippen molar-refractivity contribution in [1.82, 2.24) is 10.2 Å².